The highest BCUT2D eigenvalue weighted by Gasteiger charge is 2.64. The summed E-state index contributed by atoms with van der Waals surface area (Å²) in [7, 11) is 0. The van der Waals surface area contributed by atoms with Crippen LogP contribution in [-0.2, 0) is 4.79 Å². The number of hydrogen-bond acceptors (Lipinski definition) is 2. The van der Waals surface area contributed by atoms with Crippen molar-refractivity contribution in [2.45, 2.75) is 85.2 Å². The lowest BCUT2D eigenvalue weighted by Gasteiger charge is -2.67. The Labute approximate surface area is 129 Å². The van der Waals surface area contributed by atoms with E-state index in [4.69, 9.17) is 0 Å². The topological polar surface area (TPSA) is 37.3 Å². The molecule has 0 saturated heterocycles. The monoisotopic (exact) mass is 292 g/mol. The normalized spacial score (nSPS) is 48.7. The molecule has 0 aromatic heterocycles. The molecule has 2 heteroatoms. The molecule has 4 aliphatic rings. The number of Topliss-reactive ketones (excluding diaryl/α,β-unsaturated/α-hetero) is 1. The zero-order chi connectivity index (χ0) is 15.7. The molecule has 120 valence electrons. The van der Waals surface area contributed by atoms with E-state index in [9.17, 15) is 9.90 Å². The Balaban J connectivity index is 1.84. The Morgan fingerprint density at radius 3 is 2.38 bits per heavy atom. The predicted molar refractivity (Wildman–Crippen MR) is 84.9 cm³/mol. The summed E-state index contributed by atoms with van der Waals surface area (Å²) in [5.74, 6) is 1.48. The maximum absolute atomic E-state index is 12.7. The number of rotatable bonds is 4. The van der Waals surface area contributed by atoms with Crippen LogP contribution < -0.4 is 0 Å². The summed E-state index contributed by atoms with van der Waals surface area (Å²) in [6, 6.07) is 0. The summed E-state index contributed by atoms with van der Waals surface area (Å²) in [6.07, 6.45) is 6.89. The molecule has 0 amide bonds. The van der Waals surface area contributed by atoms with Crippen molar-refractivity contribution in [3.05, 3.63) is 0 Å². The molecular formula is C19H32O2. The molecule has 4 fully saturated rings. The molecule has 0 aromatic carbocycles. The lowest BCUT2D eigenvalue weighted by Crippen LogP contribution is -2.62. The molecule has 4 bridgehead atoms. The molecule has 4 rings (SSSR count). The second-order valence-corrected chi connectivity index (χ2v) is 9.86. The molecule has 4 aliphatic carbocycles. The van der Waals surface area contributed by atoms with Gasteiger partial charge >= 0.3 is 0 Å². The van der Waals surface area contributed by atoms with E-state index < -0.39 is 5.60 Å². The average molecular weight is 292 g/mol. The van der Waals surface area contributed by atoms with Gasteiger partial charge in [-0.25, -0.2) is 0 Å². The van der Waals surface area contributed by atoms with E-state index in [-0.39, 0.29) is 10.8 Å². The van der Waals surface area contributed by atoms with Gasteiger partial charge in [-0.1, -0.05) is 34.6 Å². The van der Waals surface area contributed by atoms with Crippen LogP contribution in [0.15, 0.2) is 0 Å². The van der Waals surface area contributed by atoms with Crippen molar-refractivity contribution >= 4 is 5.78 Å². The highest BCUT2D eigenvalue weighted by atomic mass is 16.3. The lowest BCUT2D eigenvalue weighted by atomic mass is 9.39. The van der Waals surface area contributed by atoms with Crippen molar-refractivity contribution in [2.75, 3.05) is 0 Å². The second kappa shape index (κ2) is 4.34. The van der Waals surface area contributed by atoms with Gasteiger partial charge in [-0.05, 0) is 61.2 Å². The van der Waals surface area contributed by atoms with E-state index in [0.29, 0.717) is 23.0 Å². The fourth-order valence-electron chi connectivity index (χ4n) is 6.39. The predicted octanol–water partition coefficient (Wildman–Crippen LogP) is 4.35. The third-order valence-corrected chi connectivity index (χ3v) is 7.22. The molecule has 21 heavy (non-hydrogen) atoms. The number of hydrogen-bond donors (Lipinski definition) is 1. The average Bonchev–Trinajstić information content (AvgIpc) is 2.29. The van der Waals surface area contributed by atoms with E-state index in [0.717, 1.165) is 32.1 Å². The summed E-state index contributed by atoms with van der Waals surface area (Å²) in [6.45, 7) is 11.0. The van der Waals surface area contributed by atoms with Gasteiger partial charge in [-0.3, -0.25) is 4.79 Å². The van der Waals surface area contributed by atoms with Gasteiger partial charge in [-0.15, -0.1) is 0 Å². The summed E-state index contributed by atoms with van der Waals surface area (Å²) < 4.78 is 0. The van der Waals surface area contributed by atoms with E-state index in [2.05, 4.69) is 34.6 Å². The number of ketones is 1. The minimum absolute atomic E-state index is 0.169. The van der Waals surface area contributed by atoms with E-state index >= 15 is 0 Å². The fraction of sp³-hybridized carbons (Fsp3) is 0.947. The van der Waals surface area contributed by atoms with Crippen molar-refractivity contribution in [1.29, 1.82) is 0 Å². The smallest absolute Gasteiger partial charge is 0.138 e. The zero-order valence-corrected chi connectivity index (χ0v) is 14.5. The van der Waals surface area contributed by atoms with E-state index in [1.54, 1.807) is 0 Å². The van der Waals surface area contributed by atoms with Crippen molar-refractivity contribution in [2.24, 2.45) is 28.1 Å². The molecular weight excluding hydrogens is 260 g/mol. The Hall–Kier alpha value is -0.370. The van der Waals surface area contributed by atoms with Crippen molar-refractivity contribution < 1.29 is 9.90 Å². The first kappa shape index (κ1) is 15.5. The van der Waals surface area contributed by atoms with Crippen molar-refractivity contribution in [1.82, 2.24) is 0 Å². The number of carbonyl (C=O) groups excluding carboxylic acids is 1. The quantitative estimate of drug-likeness (QED) is 0.836. The van der Waals surface area contributed by atoms with Crippen molar-refractivity contribution in [3.8, 4) is 0 Å². The molecule has 2 nitrogen and oxygen atoms in total. The van der Waals surface area contributed by atoms with Crippen LogP contribution in [0.5, 0.6) is 0 Å². The Kier molecular flexibility index (Phi) is 3.21. The second-order valence-electron chi connectivity index (χ2n) is 9.86. The first-order chi connectivity index (χ1) is 9.51. The van der Waals surface area contributed by atoms with Gasteiger partial charge < -0.3 is 5.11 Å². The number of carbonyl (C=O) groups is 1. The first-order valence-corrected chi connectivity index (χ1v) is 8.77. The lowest BCUT2D eigenvalue weighted by molar-refractivity contribution is -0.220. The molecule has 0 aliphatic heterocycles. The van der Waals surface area contributed by atoms with Gasteiger partial charge in [0, 0.05) is 11.8 Å². The molecule has 0 radical (unpaired) electrons. The van der Waals surface area contributed by atoms with Gasteiger partial charge in [0.1, 0.15) is 5.78 Å². The molecule has 0 aromatic rings. The van der Waals surface area contributed by atoms with Crippen LogP contribution in [0.3, 0.4) is 0 Å². The summed E-state index contributed by atoms with van der Waals surface area (Å²) in [4.78, 5) is 12.7. The third kappa shape index (κ3) is 2.38. The van der Waals surface area contributed by atoms with Crippen LogP contribution >= 0.6 is 0 Å². The maximum Gasteiger partial charge on any atom is 0.138 e. The van der Waals surface area contributed by atoms with Crippen LogP contribution in [0.4, 0.5) is 0 Å². The van der Waals surface area contributed by atoms with Gasteiger partial charge in [0.25, 0.3) is 0 Å². The zero-order valence-electron chi connectivity index (χ0n) is 14.5. The first-order valence-electron chi connectivity index (χ1n) is 8.77. The molecule has 0 heterocycles. The van der Waals surface area contributed by atoms with Crippen LogP contribution in [0.1, 0.15) is 79.6 Å². The van der Waals surface area contributed by atoms with E-state index in [1.165, 1.54) is 12.8 Å². The van der Waals surface area contributed by atoms with Gasteiger partial charge in [0.2, 0.25) is 0 Å². The van der Waals surface area contributed by atoms with Gasteiger partial charge in [-0.2, -0.15) is 0 Å². The summed E-state index contributed by atoms with van der Waals surface area (Å²) in [5.41, 5.74) is -0.150. The Morgan fingerprint density at radius 1 is 1.19 bits per heavy atom. The van der Waals surface area contributed by atoms with Crippen LogP contribution in [0.2, 0.25) is 0 Å². The minimum Gasteiger partial charge on any atom is -0.390 e. The van der Waals surface area contributed by atoms with Crippen molar-refractivity contribution in [3.63, 3.8) is 0 Å². The molecule has 1 N–H and O–H groups in total. The fourth-order valence-corrected chi connectivity index (χ4v) is 6.39. The molecule has 0 spiro atoms. The van der Waals surface area contributed by atoms with E-state index in [1.807, 2.05) is 0 Å². The van der Waals surface area contributed by atoms with Gasteiger partial charge in [0.15, 0.2) is 0 Å². The Bertz CT molecular complexity index is 446. The van der Waals surface area contributed by atoms with Gasteiger partial charge in [0.05, 0.1) is 5.60 Å². The number of aliphatic hydroxyl groups is 1. The standard InChI is InChI=1S/C19H32O2/c1-6-16(2,3)15(20)7-14-13-8-17(4)10-18(14,5)12-19(21,9-13)11-17/h13-14,21H,6-12H2,1-5H3. The largest absolute Gasteiger partial charge is 0.390 e. The highest BCUT2D eigenvalue weighted by Crippen LogP contribution is 2.69. The SMILES string of the molecule is CCC(C)(C)C(=O)CC1C2CC3(C)CC(O)(C2)CC1(C)C3. The van der Waals surface area contributed by atoms with Crippen LogP contribution in [0, 0.1) is 28.1 Å². The Morgan fingerprint density at radius 2 is 1.86 bits per heavy atom. The summed E-state index contributed by atoms with van der Waals surface area (Å²) >= 11 is 0. The molecule has 5 atom stereocenters. The maximum atomic E-state index is 12.7. The van der Waals surface area contributed by atoms with Crippen LogP contribution in [-0.4, -0.2) is 16.5 Å². The minimum atomic E-state index is -0.440. The highest BCUT2D eigenvalue weighted by molar-refractivity contribution is 5.84. The molecule has 4 saturated carbocycles. The molecule has 5 unspecified atom stereocenters. The third-order valence-electron chi connectivity index (χ3n) is 7.22. The van der Waals surface area contributed by atoms with Crippen LogP contribution in [0.25, 0.3) is 0 Å². The summed E-state index contributed by atoms with van der Waals surface area (Å²) in [5, 5.41) is 10.9.